The van der Waals surface area contributed by atoms with Gasteiger partial charge in [-0.1, -0.05) is 49.6 Å². The normalized spacial score (nSPS) is 24.3. The van der Waals surface area contributed by atoms with E-state index in [1.807, 2.05) is 13.0 Å². The Balaban J connectivity index is 2.36. The van der Waals surface area contributed by atoms with Crippen LogP contribution < -0.4 is 0 Å². The molecule has 1 heterocycles. The summed E-state index contributed by atoms with van der Waals surface area (Å²) in [5.74, 6) is -1.24. The molecule has 0 spiro atoms. The van der Waals surface area contributed by atoms with Gasteiger partial charge in [0.05, 0.1) is 10.6 Å². The topological polar surface area (TPSA) is 69.7 Å². The molecule has 0 N–H and O–H groups in total. The number of carbonyl (C=O) groups is 3. The van der Waals surface area contributed by atoms with E-state index >= 15 is 0 Å². The van der Waals surface area contributed by atoms with E-state index in [9.17, 15) is 14.4 Å². The molecule has 0 aromatic carbocycles. The van der Waals surface area contributed by atoms with Crippen LogP contribution in [0.3, 0.4) is 0 Å². The van der Waals surface area contributed by atoms with Crippen molar-refractivity contribution in [1.29, 1.82) is 0 Å². The Morgan fingerprint density at radius 3 is 2.59 bits per heavy atom. The summed E-state index contributed by atoms with van der Waals surface area (Å²) in [4.78, 5) is 36.6. The van der Waals surface area contributed by atoms with Crippen molar-refractivity contribution in [3.63, 3.8) is 0 Å². The Hall–Kier alpha value is -2.40. The van der Waals surface area contributed by atoms with Crippen LogP contribution in [0.15, 0.2) is 58.1 Å². The molecule has 0 aromatic rings. The Morgan fingerprint density at radius 1 is 1.33 bits per heavy atom. The minimum atomic E-state index is -1.97. The van der Waals surface area contributed by atoms with E-state index in [-0.39, 0.29) is 16.2 Å². The summed E-state index contributed by atoms with van der Waals surface area (Å²) in [6.07, 6.45) is 9.60. The number of halogens is 1. The lowest BCUT2D eigenvalue weighted by atomic mass is 9.80. The maximum absolute atomic E-state index is 12.7. The average molecular weight is 391 g/mol. The van der Waals surface area contributed by atoms with Crippen LogP contribution in [0, 0.1) is 5.92 Å². The molecule has 0 saturated carbocycles. The van der Waals surface area contributed by atoms with Crippen LogP contribution in [0.1, 0.15) is 41.0 Å². The monoisotopic (exact) mass is 390 g/mol. The summed E-state index contributed by atoms with van der Waals surface area (Å²) in [5.41, 5.74) is -0.529. The van der Waals surface area contributed by atoms with E-state index in [2.05, 4.69) is 19.9 Å². The van der Waals surface area contributed by atoms with Gasteiger partial charge in [-0.15, -0.1) is 0 Å². The lowest BCUT2D eigenvalue weighted by Gasteiger charge is -2.32. The molecule has 144 valence electrons. The molecule has 1 aliphatic carbocycles. The van der Waals surface area contributed by atoms with Crippen molar-refractivity contribution in [1.82, 2.24) is 0 Å². The van der Waals surface area contributed by atoms with E-state index in [0.717, 1.165) is 18.9 Å². The highest BCUT2D eigenvalue weighted by Crippen LogP contribution is 2.38. The molecule has 0 aromatic heterocycles. The summed E-state index contributed by atoms with van der Waals surface area (Å²) < 4.78 is 10.5. The summed E-state index contributed by atoms with van der Waals surface area (Å²) in [6, 6.07) is 0. The van der Waals surface area contributed by atoms with Crippen molar-refractivity contribution in [3.05, 3.63) is 58.1 Å². The minimum absolute atomic E-state index is 0.104. The summed E-state index contributed by atoms with van der Waals surface area (Å²) >= 11 is 6.20. The minimum Gasteiger partial charge on any atom is -0.464 e. The van der Waals surface area contributed by atoms with Gasteiger partial charge in [-0.05, 0) is 31.9 Å². The fraction of sp³-hybridized carbons (Fsp3) is 0.381. The van der Waals surface area contributed by atoms with Crippen molar-refractivity contribution in [2.45, 2.75) is 46.6 Å². The molecular weight excluding hydrogens is 368 g/mol. The van der Waals surface area contributed by atoms with Crippen LogP contribution in [0.25, 0.3) is 0 Å². The second kappa shape index (κ2) is 8.09. The van der Waals surface area contributed by atoms with Gasteiger partial charge < -0.3 is 9.47 Å². The molecule has 2 aliphatic rings. The highest BCUT2D eigenvalue weighted by Gasteiger charge is 2.52. The Kier molecular flexibility index (Phi) is 6.26. The van der Waals surface area contributed by atoms with E-state index in [4.69, 9.17) is 21.1 Å². The highest BCUT2D eigenvalue weighted by molar-refractivity contribution is 6.49. The number of hydrogen-bond acceptors (Lipinski definition) is 5. The van der Waals surface area contributed by atoms with Gasteiger partial charge in [0.25, 0.3) is 0 Å². The van der Waals surface area contributed by atoms with Crippen LogP contribution >= 0.6 is 11.6 Å². The summed E-state index contributed by atoms with van der Waals surface area (Å²) in [5, 5.41) is -0.161. The average Bonchev–Trinajstić information content (AvgIpc) is 2.62. The van der Waals surface area contributed by atoms with Crippen molar-refractivity contribution in [3.8, 4) is 0 Å². The van der Waals surface area contributed by atoms with Gasteiger partial charge in [0.15, 0.2) is 0 Å². The van der Waals surface area contributed by atoms with Crippen molar-refractivity contribution < 1.29 is 23.9 Å². The third kappa shape index (κ3) is 4.30. The van der Waals surface area contributed by atoms with Crippen molar-refractivity contribution >= 4 is 29.1 Å². The van der Waals surface area contributed by atoms with Crippen LogP contribution in [0.2, 0.25) is 0 Å². The second-order valence-corrected chi connectivity index (χ2v) is 7.22. The van der Waals surface area contributed by atoms with Crippen LogP contribution in [0.5, 0.6) is 0 Å². The third-order valence-electron chi connectivity index (χ3n) is 4.49. The quantitative estimate of drug-likeness (QED) is 0.397. The number of fused-ring (bicyclic) bond motifs is 1. The van der Waals surface area contributed by atoms with Crippen LogP contribution in [-0.4, -0.2) is 23.1 Å². The first kappa shape index (κ1) is 20.9. The van der Waals surface area contributed by atoms with Gasteiger partial charge in [-0.25, -0.2) is 0 Å². The molecule has 6 heteroatoms. The lowest BCUT2D eigenvalue weighted by Crippen LogP contribution is -2.51. The zero-order valence-corrected chi connectivity index (χ0v) is 16.8. The molecule has 0 fully saturated rings. The predicted octanol–water partition coefficient (Wildman–Crippen LogP) is 4.30. The van der Waals surface area contributed by atoms with Gasteiger partial charge in [-0.2, -0.15) is 0 Å². The molecule has 1 aliphatic heterocycles. The van der Waals surface area contributed by atoms with Crippen molar-refractivity contribution in [2.24, 2.45) is 5.92 Å². The van der Waals surface area contributed by atoms with E-state index < -0.39 is 23.1 Å². The second-order valence-electron chi connectivity index (χ2n) is 6.84. The van der Waals surface area contributed by atoms with E-state index in [0.29, 0.717) is 11.7 Å². The number of rotatable bonds is 5. The maximum Gasteiger partial charge on any atom is 0.304 e. The molecular formula is C21H23ClO5. The Bertz CT molecular complexity index is 841. The SMILES string of the molecule is CC[C@H](C)C=C(C)C=CC1=CC2=C(Cl)C(=O)[C@@](C)(OC(C)=O)C(=O)C2=CO1. The molecule has 0 saturated heterocycles. The molecule has 2 rings (SSSR count). The van der Waals surface area contributed by atoms with E-state index in [1.165, 1.54) is 19.3 Å². The number of ketones is 2. The van der Waals surface area contributed by atoms with E-state index in [1.54, 1.807) is 6.08 Å². The number of ether oxygens (including phenoxy) is 2. The van der Waals surface area contributed by atoms with Gasteiger partial charge in [0.2, 0.25) is 17.2 Å². The molecule has 0 unspecified atom stereocenters. The van der Waals surface area contributed by atoms with Gasteiger partial charge in [0, 0.05) is 12.5 Å². The first-order valence-corrected chi connectivity index (χ1v) is 9.12. The highest BCUT2D eigenvalue weighted by atomic mass is 35.5. The largest absolute Gasteiger partial charge is 0.464 e. The van der Waals surface area contributed by atoms with Crippen molar-refractivity contribution in [2.75, 3.05) is 0 Å². The number of Topliss-reactive ketones (excluding diaryl/α,β-unsaturated/α-hetero) is 2. The molecule has 0 bridgehead atoms. The smallest absolute Gasteiger partial charge is 0.304 e. The van der Waals surface area contributed by atoms with Gasteiger partial charge >= 0.3 is 5.97 Å². The molecule has 0 radical (unpaired) electrons. The predicted molar refractivity (Wildman–Crippen MR) is 103 cm³/mol. The Morgan fingerprint density at radius 2 is 2.00 bits per heavy atom. The number of carbonyl (C=O) groups excluding carboxylic acids is 3. The zero-order chi connectivity index (χ0) is 20.4. The number of allylic oxidation sites excluding steroid dienone is 6. The van der Waals surface area contributed by atoms with Gasteiger partial charge in [0.1, 0.15) is 12.0 Å². The maximum atomic E-state index is 12.7. The zero-order valence-electron chi connectivity index (χ0n) is 16.1. The lowest BCUT2D eigenvalue weighted by molar-refractivity contribution is -0.167. The first-order valence-electron chi connectivity index (χ1n) is 8.74. The molecule has 0 amide bonds. The molecule has 2 atom stereocenters. The summed E-state index contributed by atoms with van der Waals surface area (Å²) in [6.45, 7) is 8.60. The number of hydrogen-bond donors (Lipinski definition) is 0. The third-order valence-corrected chi connectivity index (χ3v) is 4.86. The number of esters is 1. The first-order chi connectivity index (χ1) is 12.6. The van der Waals surface area contributed by atoms with Crippen LogP contribution in [0.4, 0.5) is 0 Å². The summed E-state index contributed by atoms with van der Waals surface area (Å²) in [7, 11) is 0. The fourth-order valence-electron chi connectivity index (χ4n) is 2.80. The molecule has 5 nitrogen and oxygen atoms in total. The molecule has 27 heavy (non-hydrogen) atoms. The fourth-order valence-corrected chi connectivity index (χ4v) is 3.13. The standard InChI is InChI=1S/C21H23ClO5/c1-6-12(2)9-13(3)7-8-15-10-16-17(11-26-15)19(24)21(5,27-14(4)23)20(25)18(16)22/h7-12H,6H2,1-5H3/t12-,21-/m0/s1. The van der Waals surface area contributed by atoms with Crippen LogP contribution in [-0.2, 0) is 23.9 Å². The van der Waals surface area contributed by atoms with Gasteiger partial charge in [-0.3, -0.25) is 14.4 Å². The Labute approximate surface area is 164 Å².